The summed E-state index contributed by atoms with van der Waals surface area (Å²) in [5.41, 5.74) is 1.10. The van der Waals surface area contributed by atoms with Gasteiger partial charge in [0.05, 0.1) is 26.2 Å². The van der Waals surface area contributed by atoms with E-state index in [-0.39, 0.29) is 5.92 Å². The van der Waals surface area contributed by atoms with Crippen LogP contribution in [0.5, 0.6) is 11.5 Å². The highest BCUT2D eigenvalue weighted by Crippen LogP contribution is 2.25. The van der Waals surface area contributed by atoms with Crippen molar-refractivity contribution < 1.29 is 9.47 Å². The van der Waals surface area contributed by atoms with Crippen LogP contribution in [-0.4, -0.2) is 32.7 Å². The second-order valence-electron chi connectivity index (χ2n) is 4.61. The van der Waals surface area contributed by atoms with E-state index in [0.717, 1.165) is 36.6 Å². The molecule has 19 heavy (non-hydrogen) atoms. The third kappa shape index (κ3) is 4.46. The minimum Gasteiger partial charge on any atom is -0.497 e. The minimum absolute atomic E-state index is 0.0780. The van der Waals surface area contributed by atoms with Gasteiger partial charge in [0.15, 0.2) is 0 Å². The van der Waals surface area contributed by atoms with E-state index in [1.54, 1.807) is 14.2 Å². The van der Waals surface area contributed by atoms with Gasteiger partial charge in [-0.25, -0.2) is 0 Å². The molecule has 1 atom stereocenters. The molecule has 0 spiro atoms. The van der Waals surface area contributed by atoms with E-state index < -0.39 is 0 Å². The molecule has 0 radical (unpaired) electrons. The van der Waals surface area contributed by atoms with Gasteiger partial charge in [-0.2, -0.15) is 5.26 Å². The Balaban J connectivity index is 2.73. The van der Waals surface area contributed by atoms with Crippen LogP contribution in [0.3, 0.4) is 0 Å². The van der Waals surface area contributed by atoms with E-state index in [1.807, 2.05) is 32.2 Å². The Morgan fingerprint density at radius 1 is 1.32 bits per heavy atom. The molecular weight excluding hydrogens is 240 g/mol. The Kier molecular flexibility index (Phi) is 6.17. The molecule has 1 aromatic carbocycles. The van der Waals surface area contributed by atoms with Crippen molar-refractivity contribution in [3.05, 3.63) is 23.8 Å². The first-order chi connectivity index (χ1) is 9.14. The van der Waals surface area contributed by atoms with Crippen molar-refractivity contribution in [3.8, 4) is 17.6 Å². The molecule has 1 unspecified atom stereocenters. The molecule has 0 aliphatic rings. The highest BCUT2D eigenvalue weighted by atomic mass is 16.5. The van der Waals surface area contributed by atoms with Crippen LogP contribution in [0.4, 0.5) is 0 Å². The molecule has 0 heterocycles. The van der Waals surface area contributed by atoms with Crippen LogP contribution in [0.15, 0.2) is 18.2 Å². The van der Waals surface area contributed by atoms with Gasteiger partial charge in [-0.05, 0) is 19.5 Å². The lowest BCUT2D eigenvalue weighted by Crippen LogP contribution is -2.24. The lowest BCUT2D eigenvalue weighted by atomic mass is 10.1. The molecule has 0 aliphatic heterocycles. The fourth-order valence-electron chi connectivity index (χ4n) is 1.98. The van der Waals surface area contributed by atoms with Crippen LogP contribution in [-0.2, 0) is 6.54 Å². The summed E-state index contributed by atoms with van der Waals surface area (Å²) in [6.45, 7) is 3.56. The number of ether oxygens (including phenoxy) is 2. The van der Waals surface area contributed by atoms with Gasteiger partial charge in [-0.1, -0.05) is 13.0 Å². The average molecular weight is 262 g/mol. The summed E-state index contributed by atoms with van der Waals surface area (Å²) in [7, 11) is 5.31. The van der Waals surface area contributed by atoms with Gasteiger partial charge in [0.1, 0.15) is 11.5 Å². The van der Waals surface area contributed by atoms with E-state index in [1.165, 1.54) is 0 Å². The fraction of sp³-hybridized carbons (Fsp3) is 0.533. The highest BCUT2D eigenvalue weighted by molar-refractivity contribution is 5.40. The van der Waals surface area contributed by atoms with Crippen LogP contribution in [0, 0.1) is 17.2 Å². The molecule has 1 aromatic rings. The van der Waals surface area contributed by atoms with Gasteiger partial charge in [0, 0.05) is 24.7 Å². The van der Waals surface area contributed by atoms with Crippen LogP contribution in [0.1, 0.15) is 18.9 Å². The van der Waals surface area contributed by atoms with E-state index in [0.29, 0.717) is 0 Å². The van der Waals surface area contributed by atoms with Gasteiger partial charge in [0.25, 0.3) is 0 Å². The number of nitriles is 1. The molecule has 1 rings (SSSR count). The third-order valence-corrected chi connectivity index (χ3v) is 3.14. The van der Waals surface area contributed by atoms with Crippen LogP contribution in [0.2, 0.25) is 0 Å². The molecule has 0 fully saturated rings. The second-order valence-corrected chi connectivity index (χ2v) is 4.61. The zero-order valence-corrected chi connectivity index (χ0v) is 12.1. The molecule has 4 heteroatoms. The van der Waals surface area contributed by atoms with Crippen LogP contribution >= 0.6 is 0 Å². The molecule has 104 valence electrons. The summed E-state index contributed by atoms with van der Waals surface area (Å²) in [5, 5.41) is 8.99. The maximum atomic E-state index is 8.99. The number of hydrogen-bond donors (Lipinski definition) is 0. The number of rotatable bonds is 7. The summed E-state index contributed by atoms with van der Waals surface area (Å²) < 4.78 is 10.6. The van der Waals surface area contributed by atoms with E-state index >= 15 is 0 Å². The minimum atomic E-state index is 0.0780. The topological polar surface area (TPSA) is 45.5 Å². The van der Waals surface area contributed by atoms with E-state index in [4.69, 9.17) is 14.7 Å². The van der Waals surface area contributed by atoms with Crippen LogP contribution < -0.4 is 9.47 Å². The summed E-state index contributed by atoms with van der Waals surface area (Å²) in [5.74, 6) is 1.68. The van der Waals surface area contributed by atoms with Crippen molar-refractivity contribution in [2.24, 2.45) is 5.92 Å². The van der Waals surface area contributed by atoms with Gasteiger partial charge < -0.3 is 14.4 Å². The first-order valence-electron chi connectivity index (χ1n) is 6.43. The molecule has 4 nitrogen and oxygen atoms in total. The number of methoxy groups -OCH3 is 2. The van der Waals surface area contributed by atoms with E-state index in [9.17, 15) is 0 Å². The monoisotopic (exact) mass is 262 g/mol. The summed E-state index contributed by atoms with van der Waals surface area (Å²) in [6, 6.07) is 8.13. The first-order valence-corrected chi connectivity index (χ1v) is 6.43. The second kappa shape index (κ2) is 7.65. The third-order valence-electron chi connectivity index (χ3n) is 3.14. The Bertz CT molecular complexity index is 440. The molecule has 0 amide bonds. The normalized spacial score (nSPS) is 12.0. The van der Waals surface area contributed by atoms with Crippen molar-refractivity contribution in [3.63, 3.8) is 0 Å². The van der Waals surface area contributed by atoms with Crippen molar-refractivity contribution in [2.45, 2.75) is 19.9 Å². The lowest BCUT2D eigenvalue weighted by Gasteiger charge is -2.20. The molecule has 0 aromatic heterocycles. The zero-order valence-electron chi connectivity index (χ0n) is 12.1. The van der Waals surface area contributed by atoms with Gasteiger partial charge >= 0.3 is 0 Å². The van der Waals surface area contributed by atoms with Crippen molar-refractivity contribution in [1.29, 1.82) is 5.26 Å². The van der Waals surface area contributed by atoms with Crippen LogP contribution in [0.25, 0.3) is 0 Å². The molecule has 0 N–H and O–H groups in total. The standard InChI is InChI=1S/C15H22N2O2/c1-5-12(9-16)10-17(2)11-13-6-7-14(18-3)8-15(13)19-4/h6-8,12H,5,10-11H2,1-4H3. The van der Waals surface area contributed by atoms with Gasteiger partial charge in [0.2, 0.25) is 0 Å². The Morgan fingerprint density at radius 2 is 2.05 bits per heavy atom. The molecular formula is C15H22N2O2. The molecule has 0 aliphatic carbocycles. The summed E-state index contributed by atoms with van der Waals surface area (Å²) in [4.78, 5) is 2.14. The smallest absolute Gasteiger partial charge is 0.127 e. The van der Waals surface area contributed by atoms with Crippen molar-refractivity contribution in [1.82, 2.24) is 4.90 Å². The average Bonchev–Trinajstić information content (AvgIpc) is 2.45. The first kappa shape index (κ1) is 15.3. The van der Waals surface area contributed by atoms with Gasteiger partial charge in [-0.3, -0.25) is 0 Å². The number of nitrogens with zero attached hydrogens (tertiary/aromatic N) is 2. The largest absolute Gasteiger partial charge is 0.497 e. The molecule has 0 saturated carbocycles. The Labute approximate surface area is 115 Å². The predicted molar refractivity (Wildman–Crippen MR) is 75.3 cm³/mol. The summed E-state index contributed by atoms with van der Waals surface area (Å²) in [6.07, 6.45) is 0.876. The maximum Gasteiger partial charge on any atom is 0.127 e. The Morgan fingerprint density at radius 3 is 2.58 bits per heavy atom. The quantitative estimate of drug-likeness (QED) is 0.758. The summed E-state index contributed by atoms with van der Waals surface area (Å²) >= 11 is 0. The fourth-order valence-corrected chi connectivity index (χ4v) is 1.98. The zero-order chi connectivity index (χ0) is 14.3. The highest BCUT2D eigenvalue weighted by Gasteiger charge is 2.12. The molecule has 0 saturated heterocycles. The number of benzene rings is 1. The SMILES string of the molecule is CCC(C#N)CN(C)Cc1ccc(OC)cc1OC. The maximum absolute atomic E-state index is 8.99. The number of hydrogen-bond acceptors (Lipinski definition) is 4. The lowest BCUT2D eigenvalue weighted by molar-refractivity contribution is 0.286. The molecule has 0 bridgehead atoms. The Hall–Kier alpha value is -1.73. The van der Waals surface area contributed by atoms with Crippen molar-refractivity contribution >= 4 is 0 Å². The van der Waals surface area contributed by atoms with E-state index in [2.05, 4.69) is 11.0 Å². The predicted octanol–water partition coefficient (Wildman–Crippen LogP) is 2.69. The van der Waals surface area contributed by atoms with Gasteiger partial charge in [-0.15, -0.1) is 0 Å². The van der Waals surface area contributed by atoms with Crippen molar-refractivity contribution in [2.75, 3.05) is 27.8 Å².